The van der Waals surface area contributed by atoms with Gasteiger partial charge in [0.25, 0.3) is 5.91 Å². The lowest BCUT2D eigenvalue weighted by Gasteiger charge is -2.02. The van der Waals surface area contributed by atoms with Gasteiger partial charge in [0.2, 0.25) is 6.79 Å². The summed E-state index contributed by atoms with van der Waals surface area (Å²) in [7, 11) is 0. The lowest BCUT2D eigenvalue weighted by molar-refractivity contribution is 0.0962. The Hall–Kier alpha value is -2.36. The van der Waals surface area contributed by atoms with E-state index < -0.39 is 0 Å². The van der Waals surface area contributed by atoms with Crippen molar-refractivity contribution in [3.63, 3.8) is 0 Å². The van der Waals surface area contributed by atoms with Gasteiger partial charge in [-0.3, -0.25) is 4.79 Å². The molecular weight excluding hydrogens is 338 g/mol. The zero-order chi connectivity index (χ0) is 16.1. The summed E-state index contributed by atoms with van der Waals surface area (Å²) in [6, 6.07) is 8.70. The fourth-order valence-electron chi connectivity index (χ4n) is 1.85. The van der Waals surface area contributed by atoms with Crippen LogP contribution in [0.1, 0.15) is 9.67 Å². The molecule has 1 N–H and O–H groups in total. The largest absolute Gasteiger partial charge is 0.481 e. The van der Waals surface area contributed by atoms with Crippen molar-refractivity contribution in [2.24, 2.45) is 0 Å². The number of carbonyl (C=O) groups is 1. The van der Waals surface area contributed by atoms with Crippen molar-refractivity contribution in [1.29, 1.82) is 0 Å². The predicted molar refractivity (Wildman–Crippen MR) is 87.5 cm³/mol. The third-order valence-corrected chi connectivity index (χ3v) is 4.14. The number of hydrogen-bond donors (Lipinski definition) is 1. The Balaban J connectivity index is 1.41. The summed E-state index contributed by atoms with van der Waals surface area (Å²) in [5.74, 6) is 7.49. The molecule has 0 unspecified atom stereocenters. The van der Waals surface area contributed by atoms with E-state index >= 15 is 0 Å². The average Bonchev–Trinajstić information content (AvgIpc) is 3.18. The van der Waals surface area contributed by atoms with Crippen molar-refractivity contribution in [1.82, 2.24) is 5.32 Å². The van der Waals surface area contributed by atoms with Crippen molar-refractivity contribution in [3.05, 3.63) is 39.5 Å². The van der Waals surface area contributed by atoms with Crippen molar-refractivity contribution >= 4 is 28.8 Å². The molecule has 0 radical (unpaired) electrons. The highest BCUT2D eigenvalue weighted by molar-refractivity contribution is 7.17. The molecule has 0 spiro atoms. The maximum atomic E-state index is 11.7. The number of ether oxygens (including phenoxy) is 3. The Morgan fingerprint density at radius 1 is 1.26 bits per heavy atom. The van der Waals surface area contributed by atoms with E-state index in [-0.39, 0.29) is 25.9 Å². The van der Waals surface area contributed by atoms with Crippen LogP contribution in [0.25, 0.3) is 0 Å². The number of hydrogen-bond acceptors (Lipinski definition) is 5. The van der Waals surface area contributed by atoms with Gasteiger partial charge in [0, 0.05) is 6.07 Å². The molecule has 1 amide bonds. The van der Waals surface area contributed by atoms with E-state index in [0.29, 0.717) is 26.5 Å². The van der Waals surface area contributed by atoms with Crippen LogP contribution in [0.2, 0.25) is 4.34 Å². The quantitative estimate of drug-likeness (QED) is 0.862. The molecule has 0 aliphatic carbocycles. The first-order chi connectivity index (χ1) is 11.2. The summed E-state index contributed by atoms with van der Waals surface area (Å²) in [4.78, 5) is 12.3. The highest BCUT2D eigenvalue weighted by Crippen LogP contribution is 2.34. The Morgan fingerprint density at radius 3 is 2.96 bits per heavy atom. The van der Waals surface area contributed by atoms with Crippen LogP contribution in [-0.4, -0.2) is 25.9 Å². The van der Waals surface area contributed by atoms with Gasteiger partial charge in [0.05, 0.1) is 15.8 Å². The van der Waals surface area contributed by atoms with Crippen LogP contribution in [0.15, 0.2) is 30.3 Å². The fraction of sp³-hybridized carbons (Fsp3) is 0.188. The normalized spacial score (nSPS) is 11.5. The second-order valence-electron chi connectivity index (χ2n) is 4.44. The van der Waals surface area contributed by atoms with Gasteiger partial charge in [-0.2, -0.15) is 0 Å². The molecule has 3 rings (SSSR count). The Bertz CT molecular complexity index is 778. The summed E-state index contributed by atoms with van der Waals surface area (Å²) in [6.07, 6.45) is 0. The van der Waals surface area contributed by atoms with E-state index in [1.807, 2.05) is 0 Å². The smallest absolute Gasteiger partial charge is 0.262 e. The molecule has 0 fully saturated rings. The molecule has 1 aliphatic heterocycles. The molecule has 2 heterocycles. The first-order valence-electron chi connectivity index (χ1n) is 6.74. The van der Waals surface area contributed by atoms with E-state index in [0.717, 1.165) is 0 Å². The van der Waals surface area contributed by atoms with Crippen LogP contribution >= 0.6 is 22.9 Å². The summed E-state index contributed by atoms with van der Waals surface area (Å²) >= 11 is 7.01. The van der Waals surface area contributed by atoms with Crippen LogP contribution in [0, 0.1) is 11.8 Å². The number of rotatable bonds is 4. The van der Waals surface area contributed by atoms with Crippen molar-refractivity contribution < 1.29 is 19.0 Å². The lowest BCUT2D eigenvalue weighted by Crippen LogP contribution is -2.22. The Morgan fingerprint density at radius 2 is 2.13 bits per heavy atom. The molecule has 23 heavy (non-hydrogen) atoms. The topological polar surface area (TPSA) is 56.8 Å². The fourth-order valence-corrected chi connectivity index (χ4v) is 2.81. The molecular formula is C16H12ClNO4S. The molecule has 1 aromatic carbocycles. The van der Waals surface area contributed by atoms with Gasteiger partial charge in [0.1, 0.15) is 12.4 Å². The summed E-state index contributed by atoms with van der Waals surface area (Å²) < 4.78 is 16.5. The first-order valence-corrected chi connectivity index (χ1v) is 7.93. The number of halogens is 1. The van der Waals surface area contributed by atoms with Crippen LogP contribution in [-0.2, 0) is 0 Å². The van der Waals surface area contributed by atoms with Gasteiger partial charge in [-0.1, -0.05) is 23.4 Å². The van der Waals surface area contributed by atoms with Crippen LogP contribution in [0.4, 0.5) is 0 Å². The maximum Gasteiger partial charge on any atom is 0.262 e. The SMILES string of the molecule is O=C(NCC#CCOc1ccc2c(c1)OCO2)c1ccc(Cl)s1. The maximum absolute atomic E-state index is 11.7. The minimum Gasteiger partial charge on any atom is -0.481 e. The van der Waals surface area contributed by atoms with E-state index in [4.69, 9.17) is 25.8 Å². The molecule has 118 valence electrons. The molecule has 7 heteroatoms. The molecule has 0 bridgehead atoms. The predicted octanol–water partition coefficient (Wildman–Crippen LogP) is 2.94. The highest BCUT2D eigenvalue weighted by atomic mass is 35.5. The van der Waals surface area contributed by atoms with Gasteiger partial charge in [0.15, 0.2) is 11.5 Å². The Labute approximate surface area is 142 Å². The molecule has 0 saturated heterocycles. The summed E-state index contributed by atoms with van der Waals surface area (Å²) in [6.45, 7) is 0.701. The number of carbonyl (C=O) groups excluding carboxylic acids is 1. The van der Waals surface area contributed by atoms with Crippen LogP contribution < -0.4 is 19.5 Å². The number of fused-ring (bicyclic) bond motifs is 1. The van der Waals surface area contributed by atoms with Gasteiger partial charge < -0.3 is 19.5 Å². The molecule has 5 nitrogen and oxygen atoms in total. The van der Waals surface area contributed by atoms with E-state index in [9.17, 15) is 4.79 Å². The number of benzene rings is 1. The second-order valence-corrected chi connectivity index (χ2v) is 6.16. The van der Waals surface area contributed by atoms with Gasteiger partial charge in [-0.15, -0.1) is 11.3 Å². The van der Waals surface area contributed by atoms with Crippen molar-refractivity contribution in [2.75, 3.05) is 19.9 Å². The molecule has 1 aliphatic rings. The van der Waals surface area contributed by atoms with Crippen molar-refractivity contribution in [2.45, 2.75) is 0 Å². The first kappa shape index (κ1) is 15.5. The Kier molecular flexibility index (Phi) is 4.91. The average molecular weight is 350 g/mol. The number of amides is 1. The zero-order valence-electron chi connectivity index (χ0n) is 11.9. The van der Waals surface area contributed by atoms with E-state index in [2.05, 4.69) is 17.2 Å². The van der Waals surface area contributed by atoms with Crippen LogP contribution in [0.3, 0.4) is 0 Å². The molecule has 0 atom stereocenters. The zero-order valence-corrected chi connectivity index (χ0v) is 13.5. The van der Waals surface area contributed by atoms with Crippen LogP contribution in [0.5, 0.6) is 17.2 Å². The minimum absolute atomic E-state index is 0.187. The second kappa shape index (κ2) is 7.27. The third kappa shape index (κ3) is 4.09. The van der Waals surface area contributed by atoms with Gasteiger partial charge in [-0.25, -0.2) is 0 Å². The standard InChI is InChI=1S/C16H12ClNO4S/c17-15-6-5-14(23-15)16(19)18-7-1-2-8-20-11-3-4-12-13(9-11)22-10-21-12/h3-6,9H,7-8,10H2,(H,18,19). The third-order valence-electron chi connectivity index (χ3n) is 2.91. The van der Waals surface area contributed by atoms with E-state index in [1.165, 1.54) is 11.3 Å². The molecule has 0 saturated carbocycles. The van der Waals surface area contributed by atoms with Gasteiger partial charge in [-0.05, 0) is 24.3 Å². The van der Waals surface area contributed by atoms with Gasteiger partial charge >= 0.3 is 0 Å². The minimum atomic E-state index is -0.187. The van der Waals surface area contributed by atoms with E-state index in [1.54, 1.807) is 30.3 Å². The summed E-state index contributed by atoms with van der Waals surface area (Å²) in [5.41, 5.74) is 0. The number of thiophene rings is 1. The molecule has 2 aromatic rings. The summed E-state index contributed by atoms with van der Waals surface area (Å²) in [5, 5.41) is 2.69. The molecule has 1 aromatic heterocycles. The lowest BCUT2D eigenvalue weighted by atomic mass is 10.3. The number of nitrogens with one attached hydrogen (secondary N) is 1. The highest BCUT2D eigenvalue weighted by Gasteiger charge is 2.13. The van der Waals surface area contributed by atoms with Crippen molar-refractivity contribution in [3.8, 4) is 29.1 Å². The monoisotopic (exact) mass is 349 g/mol.